The van der Waals surface area contributed by atoms with Gasteiger partial charge in [0.05, 0.1) is 11.8 Å². The van der Waals surface area contributed by atoms with Crippen molar-refractivity contribution in [3.05, 3.63) is 66.1 Å². The molecule has 7 nitrogen and oxygen atoms in total. The van der Waals surface area contributed by atoms with E-state index in [9.17, 15) is 15.2 Å². The van der Waals surface area contributed by atoms with E-state index >= 15 is 0 Å². The van der Waals surface area contributed by atoms with Gasteiger partial charge >= 0.3 is 5.97 Å². The summed E-state index contributed by atoms with van der Waals surface area (Å²) in [6, 6.07) is 13.4. The molecule has 0 aliphatic heterocycles. The molecule has 0 aliphatic carbocycles. The van der Waals surface area contributed by atoms with Crippen LogP contribution in [0.4, 0.5) is 0 Å². The maximum absolute atomic E-state index is 11.3. The van der Waals surface area contributed by atoms with Crippen LogP contribution in [0.5, 0.6) is 11.5 Å². The first kappa shape index (κ1) is 16.6. The molecule has 0 spiro atoms. The zero-order valence-electron chi connectivity index (χ0n) is 13.7. The van der Waals surface area contributed by atoms with Crippen molar-refractivity contribution in [1.82, 2.24) is 15.0 Å². The first-order chi connectivity index (χ1) is 13.2. The second-order valence-electron chi connectivity index (χ2n) is 5.46. The Morgan fingerprint density at radius 3 is 2.81 bits per heavy atom. The highest BCUT2D eigenvalue weighted by Gasteiger charge is 2.15. The highest BCUT2D eigenvalue weighted by atomic mass is 32.1. The molecule has 1 N–H and O–H groups in total. The molecule has 4 aromatic rings. The Morgan fingerprint density at radius 2 is 2.04 bits per heavy atom. The second kappa shape index (κ2) is 6.82. The van der Waals surface area contributed by atoms with E-state index in [4.69, 9.17) is 4.74 Å². The van der Waals surface area contributed by atoms with E-state index in [0.717, 1.165) is 10.4 Å². The molecule has 0 radical (unpaired) electrons. The van der Waals surface area contributed by atoms with E-state index in [2.05, 4.69) is 21.0 Å². The van der Waals surface area contributed by atoms with Gasteiger partial charge in [-0.3, -0.25) is 0 Å². The number of carbonyl (C=O) groups is 1. The third kappa shape index (κ3) is 3.19. The van der Waals surface area contributed by atoms with Crippen molar-refractivity contribution >= 4 is 27.7 Å². The molecule has 2 aromatic carbocycles. The van der Waals surface area contributed by atoms with Gasteiger partial charge in [0.25, 0.3) is 0 Å². The first-order valence-electron chi connectivity index (χ1n) is 7.77. The van der Waals surface area contributed by atoms with E-state index in [1.807, 2.05) is 0 Å². The van der Waals surface area contributed by atoms with E-state index in [1.165, 1.54) is 23.7 Å². The molecule has 0 aliphatic rings. The Labute approximate surface area is 157 Å². The molecule has 8 heteroatoms. The van der Waals surface area contributed by atoms with Crippen molar-refractivity contribution in [2.24, 2.45) is 0 Å². The molecule has 0 unspecified atom stereocenters. The Hall–Kier alpha value is -3.83. The summed E-state index contributed by atoms with van der Waals surface area (Å²) in [7, 11) is 0. The summed E-state index contributed by atoms with van der Waals surface area (Å²) in [5, 5.41) is 19.5. The van der Waals surface area contributed by atoms with E-state index in [1.54, 1.807) is 42.6 Å². The van der Waals surface area contributed by atoms with Crippen LogP contribution in [0.3, 0.4) is 0 Å². The molecule has 27 heavy (non-hydrogen) atoms. The molecule has 0 amide bonds. The van der Waals surface area contributed by atoms with Crippen LogP contribution < -0.4 is 4.74 Å². The number of carboxylic acids is 1. The van der Waals surface area contributed by atoms with Gasteiger partial charge in [0.2, 0.25) is 0 Å². The van der Waals surface area contributed by atoms with Gasteiger partial charge in [-0.2, -0.15) is 5.26 Å². The number of nitrogens with zero attached hydrogens (tertiary/aromatic N) is 4. The van der Waals surface area contributed by atoms with Crippen LogP contribution in [0.25, 0.3) is 20.9 Å². The molecule has 130 valence electrons. The lowest BCUT2D eigenvalue weighted by atomic mass is 10.1. The summed E-state index contributed by atoms with van der Waals surface area (Å²) in [5.41, 5.74) is 1.73. The Bertz CT molecular complexity index is 1180. The Balaban J connectivity index is 1.72. The molecule has 0 atom stereocenters. The van der Waals surface area contributed by atoms with Crippen molar-refractivity contribution in [2.45, 2.75) is 0 Å². The highest BCUT2D eigenvalue weighted by Crippen LogP contribution is 2.33. The minimum absolute atomic E-state index is 0.0233. The number of hydrogen-bond donors (Lipinski definition) is 1. The molecule has 4 rings (SSSR count). The van der Waals surface area contributed by atoms with Gasteiger partial charge < -0.3 is 9.84 Å². The normalized spacial score (nSPS) is 10.5. The van der Waals surface area contributed by atoms with E-state index < -0.39 is 5.97 Å². The molecule has 0 bridgehead atoms. The zero-order chi connectivity index (χ0) is 18.8. The minimum Gasteiger partial charge on any atom is -0.478 e. The molecule has 0 fully saturated rings. The molecule has 2 aromatic heterocycles. The smallest absolute Gasteiger partial charge is 0.339 e. The fourth-order valence-electron chi connectivity index (χ4n) is 2.50. The van der Waals surface area contributed by atoms with Crippen LogP contribution in [0, 0.1) is 11.3 Å². The Kier molecular flexibility index (Phi) is 4.20. The number of thiazole rings is 1. The van der Waals surface area contributed by atoms with Gasteiger partial charge in [0, 0.05) is 5.56 Å². The number of aromatic carboxylic acids is 1. The predicted octanol–water partition coefficient (Wildman–Crippen LogP) is 4.12. The summed E-state index contributed by atoms with van der Waals surface area (Å²) in [6.07, 6.45) is 3.09. The number of carboxylic acid groups (broad SMARTS) is 1. The van der Waals surface area contributed by atoms with Crippen molar-refractivity contribution in [3.8, 4) is 28.1 Å². The fraction of sp³-hybridized carbons (Fsp3) is 0. The number of hydrogen-bond acceptors (Lipinski definition) is 7. The SMILES string of the molecule is N#Cc1cc(-c2nc3cncnc3s2)ccc1Oc1ccccc1C(=O)O. The molecule has 0 saturated heterocycles. The van der Waals surface area contributed by atoms with Crippen molar-refractivity contribution in [3.63, 3.8) is 0 Å². The van der Waals surface area contributed by atoms with Gasteiger partial charge in [-0.05, 0) is 30.3 Å². The second-order valence-corrected chi connectivity index (χ2v) is 6.44. The number of para-hydroxylation sites is 1. The summed E-state index contributed by atoms with van der Waals surface area (Å²) < 4.78 is 5.70. The van der Waals surface area contributed by atoms with Crippen molar-refractivity contribution in [1.29, 1.82) is 5.26 Å². The zero-order valence-corrected chi connectivity index (χ0v) is 14.5. The van der Waals surface area contributed by atoms with Crippen LogP contribution in [0.15, 0.2) is 55.0 Å². The summed E-state index contributed by atoms with van der Waals surface area (Å²) in [5.74, 6) is -0.656. The number of benzene rings is 2. The van der Waals surface area contributed by atoms with Crippen LogP contribution in [-0.4, -0.2) is 26.0 Å². The molecule has 0 saturated carbocycles. The third-order valence-electron chi connectivity index (χ3n) is 3.76. The number of nitriles is 1. The number of rotatable bonds is 4. The van der Waals surface area contributed by atoms with Crippen molar-refractivity contribution in [2.75, 3.05) is 0 Å². The lowest BCUT2D eigenvalue weighted by molar-refractivity contribution is 0.0694. The van der Waals surface area contributed by atoms with Gasteiger partial charge in [-0.1, -0.05) is 23.5 Å². The van der Waals surface area contributed by atoms with Crippen LogP contribution >= 0.6 is 11.3 Å². The molecular formula is C19H10N4O3S. The largest absolute Gasteiger partial charge is 0.478 e. The summed E-state index contributed by atoms with van der Waals surface area (Å²) in [6.45, 7) is 0. The number of fused-ring (bicyclic) bond motifs is 1. The monoisotopic (exact) mass is 374 g/mol. The van der Waals surface area contributed by atoms with Crippen LogP contribution in [0.2, 0.25) is 0 Å². The van der Waals surface area contributed by atoms with E-state index in [-0.39, 0.29) is 22.6 Å². The van der Waals surface area contributed by atoms with Crippen LogP contribution in [-0.2, 0) is 0 Å². The standard InChI is InChI=1S/C19H10N4O3S/c20-8-12-7-11(17-23-14-9-21-10-22-18(14)27-17)5-6-15(12)26-16-4-2-1-3-13(16)19(24)25/h1-7,9-10H,(H,24,25). The Morgan fingerprint density at radius 1 is 1.19 bits per heavy atom. The van der Waals surface area contributed by atoms with Gasteiger partial charge in [0.15, 0.2) is 0 Å². The first-order valence-corrected chi connectivity index (χ1v) is 8.58. The minimum atomic E-state index is -1.10. The average molecular weight is 374 g/mol. The average Bonchev–Trinajstić information content (AvgIpc) is 3.13. The lowest BCUT2D eigenvalue weighted by Gasteiger charge is -2.10. The summed E-state index contributed by atoms with van der Waals surface area (Å²) >= 11 is 1.40. The maximum Gasteiger partial charge on any atom is 0.339 e. The summed E-state index contributed by atoms with van der Waals surface area (Å²) in [4.78, 5) is 24.7. The van der Waals surface area contributed by atoms with Crippen LogP contribution in [0.1, 0.15) is 15.9 Å². The fourth-order valence-corrected chi connectivity index (χ4v) is 3.38. The third-order valence-corrected chi connectivity index (χ3v) is 4.79. The maximum atomic E-state index is 11.3. The topological polar surface area (TPSA) is 109 Å². The highest BCUT2D eigenvalue weighted by molar-refractivity contribution is 7.21. The van der Waals surface area contributed by atoms with E-state index in [0.29, 0.717) is 10.5 Å². The quantitative estimate of drug-likeness (QED) is 0.572. The molecular weight excluding hydrogens is 364 g/mol. The number of aromatic nitrogens is 3. The van der Waals surface area contributed by atoms with Gasteiger partial charge in [-0.15, -0.1) is 0 Å². The van der Waals surface area contributed by atoms with Gasteiger partial charge in [-0.25, -0.2) is 19.7 Å². The lowest BCUT2D eigenvalue weighted by Crippen LogP contribution is -2.00. The predicted molar refractivity (Wildman–Crippen MR) is 98.8 cm³/mol. The van der Waals surface area contributed by atoms with Gasteiger partial charge in [0.1, 0.15) is 44.8 Å². The number of ether oxygens (including phenoxy) is 1. The molecule has 2 heterocycles. The van der Waals surface area contributed by atoms with Crippen molar-refractivity contribution < 1.29 is 14.6 Å².